The highest BCUT2D eigenvalue weighted by Crippen LogP contribution is 2.21. The highest BCUT2D eigenvalue weighted by molar-refractivity contribution is 7.79. The summed E-state index contributed by atoms with van der Waals surface area (Å²) in [7, 11) is 0. The van der Waals surface area contributed by atoms with E-state index in [9.17, 15) is 0 Å². The molecule has 0 nitrogen and oxygen atoms in total. The van der Waals surface area contributed by atoms with Crippen molar-refractivity contribution < 1.29 is 0 Å². The number of thiocarbonyl (C=S) groups is 1. The molecule has 0 saturated heterocycles. The van der Waals surface area contributed by atoms with E-state index in [1.807, 2.05) is 0 Å². The Morgan fingerprint density at radius 1 is 1.36 bits per heavy atom. The molecule has 1 aromatic carbocycles. The Hall–Kier alpha value is -0.950. The van der Waals surface area contributed by atoms with Gasteiger partial charge >= 0.3 is 0 Å². The fraction of sp³-hybridized carbons (Fsp3) is 0.100. The van der Waals surface area contributed by atoms with Gasteiger partial charge in [-0.15, -0.1) is 0 Å². The molecule has 54 valence electrons. The summed E-state index contributed by atoms with van der Waals surface area (Å²) in [4.78, 5) is 0. The number of allylic oxidation sites excluding steroid dienone is 1. The van der Waals surface area contributed by atoms with Crippen LogP contribution in [0.5, 0.6) is 0 Å². The number of fused-ring (bicyclic) bond motifs is 1. The molecule has 1 aromatic rings. The zero-order valence-corrected chi connectivity index (χ0v) is 6.90. The molecule has 1 heteroatoms. The van der Waals surface area contributed by atoms with Gasteiger partial charge in [0.2, 0.25) is 0 Å². The summed E-state index contributed by atoms with van der Waals surface area (Å²) in [5.41, 5.74) is 3.87. The van der Waals surface area contributed by atoms with E-state index in [0.717, 1.165) is 6.42 Å². The zero-order chi connectivity index (χ0) is 7.68. The van der Waals surface area contributed by atoms with Gasteiger partial charge in [-0.3, -0.25) is 0 Å². The third kappa shape index (κ3) is 1.02. The second-order valence-electron chi connectivity index (χ2n) is 2.64. The van der Waals surface area contributed by atoms with E-state index in [1.54, 1.807) is 5.37 Å². The topological polar surface area (TPSA) is 0 Å². The number of benzene rings is 1. The average molecular weight is 160 g/mol. The van der Waals surface area contributed by atoms with Gasteiger partial charge in [0.05, 0.1) is 0 Å². The lowest BCUT2D eigenvalue weighted by Crippen LogP contribution is -1.87. The van der Waals surface area contributed by atoms with Crippen LogP contribution in [0.15, 0.2) is 24.3 Å². The molecule has 0 radical (unpaired) electrons. The summed E-state index contributed by atoms with van der Waals surface area (Å²) < 4.78 is 0. The lowest BCUT2D eigenvalue weighted by molar-refractivity contribution is 1.31. The number of hydrogen-bond donors (Lipinski definition) is 0. The van der Waals surface area contributed by atoms with Crippen LogP contribution >= 0.6 is 12.2 Å². The second-order valence-corrected chi connectivity index (χ2v) is 2.88. The van der Waals surface area contributed by atoms with Crippen molar-refractivity contribution in [1.82, 2.24) is 0 Å². The second kappa shape index (κ2) is 2.59. The van der Waals surface area contributed by atoms with Crippen LogP contribution in [0.3, 0.4) is 0 Å². The van der Waals surface area contributed by atoms with E-state index in [4.69, 9.17) is 12.2 Å². The van der Waals surface area contributed by atoms with Gasteiger partial charge in [0.1, 0.15) is 0 Å². The van der Waals surface area contributed by atoms with Crippen molar-refractivity contribution in [3.63, 3.8) is 0 Å². The molecule has 0 aromatic heterocycles. The molecule has 0 fully saturated rings. The summed E-state index contributed by atoms with van der Waals surface area (Å²) in [5, 5.41) is 1.74. The highest BCUT2D eigenvalue weighted by Gasteiger charge is 2.06. The zero-order valence-electron chi connectivity index (χ0n) is 6.08. The molecular formula is C10H8S. The van der Waals surface area contributed by atoms with E-state index in [2.05, 4.69) is 30.4 Å². The van der Waals surface area contributed by atoms with Gasteiger partial charge in [0, 0.05) is 5.37 Å². The fourth-order valence-corrected chi connectivity index (χ4v) is 1.63. The van der Waals surface area contributed by atoms with E-state index >= 15 is 0 Å². The molecule has 0 bridgehead atoms. The van der Waals surface area contributed by atoms with Crippen molar-refractivity contribution in [3.05, 3.63) is 41.0 Å². The molecule has 11 heavy (non-hydrogen) atoms. The maximum Gasteiger partial charge on any atom is 0.00922 e. The molecule has 0 atom stereocenters. The Labute approximate surface area is 71.6 Å². The van der Waals surface area contributed by atoms with Crippen molar-refractivity contribution in [1.29, 1.82) is 0 Å². The van der Waals surface area contributed by atoms with E-state index in [-0.39, 0.29) is 0 Å². The highest BCUT2D eigenvalue weighted by atomic mass is 32.1. The first-order chi connectivity index (χ1) is 5.42. The van der Waals surface area contributed by atoms with Gasteiger partial charge in [-0.25, -0.2) is 0 Å². The van der Waals surface area contributed by atoms with E-state index in [0.29, 0.717) is 0 Å². The first-order valence-electron chi connectivity index (χ1n) is 3.65. The van der Waals surface area contributed by atoms with Crippen molar-refractivity contribution in [2.24, 2.45) is 0 Å². The van der Waals surface area contributed by atoms with Crippen LogP contribution in [0.2, 0.25) is 0 Å². The van der Waals surface area contributed by atoms with Gasteiger partial charge in [0.15, 0.2) is 0 Å². The normalized spacial score (nSPS) is 13.1. The largest absolute Gasteiger partial charge is 0.0881 e. The Kier molecular flexibility index (Phi) is 1.59. The molecule has 2 rings (SSSR count). The van der Waals surface area contributed by atoms with Crippen molar-refractivity contribution in [2.45, 2.75) is 6.42 Å². The maximum absolute atomic E-state index is 4.90. The van der Waals surface area contributed by atoms with Crippen LogP contribution in [0.1, 0.15) is 16.7 Å². The monoisotopic (exact) mass is 160 g/mol. The molecule has 0 amide bonds. The van der Waals surface area contributed by atoms with Gasteiger partial charge in [-0.2, -0.15) is 0 Å². The van der Waals surface area contributed by atoms with Gasteiger partial charge < -0.3 is 0 Å². The van der Waals surface area contributed by atoms with Gasteiger partial charge in [-0.1, -0.05) is 42.6 Å². The lowest BCUT2D eigenvalue weighted by Gasteiger charge is -2.00. The first-order valence-corrected chi connectivity index (χ1v) is 4.12. The predicted molar refractivity (Wildman–Crippen MR) is 51.9 cm³/mol. The summed E-state index contributed by atoms with van der Waals surface area (Å²) in [6, 6.07) is 6.27. The van der Waals surface area contributed by atoms with Gasteiger partial charge in [-0.05, 0) is 23.1 Å². The summed E-state index contributed by atoms with van der Waals surface area (Å²) in [5.74, 6) is 0. The molecule has 0 heterocycles. The average Bonchev–Trinajstić information content (AvgIpc) is 2.50. The molecular weight excluding hydrogens is 152 g/mol. The molecule has 0 saturated carbocycles. The maximum atomic E-state index is 4.90. The smallest absolute Gasteiger partial charge is 0.00922 e. The predicted octanol–water partition coefficient (Wildman–Crippen LogP) is 2.60. The van der Waals surface area contributed by atoms with E-state index in [1.165, 1.54) is 16.7 Å². The van der Waals surface area contributed by atoms with Crippen LogP contribution in [0.4, 0.5) is 0 Å². The van der Waals surface area contributed by atoms with E-state index < -0.39 is 0 Å². The quantitative estimate of drug-likeness (QED) is 0.569. The molecule has 0 spiro atoms. The lowest BCUT2D eigenvalue weighted by atomic mass is 10.1. The standard InChI is InChI=1S/C10H8S/c11-7-9-5-1-3-8-4-2-6-10(8)9/h1-3,5-7H,4H2. The molecule has 1 aliphatic rings. The van der Waals surface area contributed by atoms with Crippen LogP contribution in [-0.2, 0) is 6.42 Å². The SMILES string of the molecule is S=Cc1cccc2c1C=CC2. The van der Waals surface area contributed by atoms with Crippen LogP contribution < -0.4 is 0 Å². The summed E-state index contributed by atoms with van der Waals surface area (Å²) in [6.07, 6.45) is 5.38. The first kappa shape index (κ1) is 6.74. The third-order valence-electron chi connectivity index (χ3n) is 1.98. The summed E-state index contributed by atoms with van der Waals surface area (Å²) in [6.45, 7) is 0. The van der Waals surface area contributed by atoms with Crippen LogP contribution in [0, 0.1) is 0 Å². The third-order valence-corrected chi connectivity index (χ3v) is 2.23. The minimum Gasteiger partial charge on any atom is -0.0881 e. The Morgan fingerprint density at radius 2 is 2.27 bits per heavy atom. The summed E-state index contributed by atoms with van der Waals surface area (Å²) >= 11 is 4.90. The van der Waals surface area contributed by atoms with Crippen LogP contribution in [0.25, 0.3) is 6.08 Å². The fourth-order valence-electron chi connectivity index (χ4n) is 1.42. The minimum atomic E-state index is 1.06. The molecule has 0 unspecified atom stereocenters. The Bertz CT molecular complexity index is 324. The van der Waals surface area contributed by atoms with Crippen molar-refractivity contribution in [2.75, 3.05) is 0 Å². The van der Waals surface area contributed by atoms with Gasteiger partial charge in [0.25, 0.3) is 0 Å². The van der Waals surface area contributed by atoms with Crippen molar-refractivity contribution >= 4 is 23.7 Å². The van der Waals surface area contributed by atoms with Crippen LogP contribution in [-0.4, -0.2) is 5.37 Å². The molecule has 0 aliphatic heterocycles. The minimum absolute atomic E-state index is 1.06. The number of rotatable bonds is 1. The molecule has 1 aliphatic carbocycles. The number of hydrogen-bond acceptors (Lipinski definition) is 1. The van der Waals surface area contributed by atoms with Crippen molar-refractivity contribution in [3.8, 4) is 0 Å². The molecule has 0 N–H and O–H groups in total. The Morgan fingerprint density at radius 3 is 3.09 bits per heavy atom. The Balaban J connectivity index is 2.66.